The lowest BCUT2D eigenvalue weighted by molar-refractivity contribution is 0.00303. The molecule has 0 saturated carbocycles. The van der Waals surface area contributed by atoms with Crippen molar-refractivity contribution in [2.45, 2.75) is 13.3 Å². The van der Waals surface area contributed by atoms with E-state index in [-0.39, 0.29) is 36.5 Å². The Kier molecular flexibility index (Phi) is 21.8. The molecule has 0 aliphatic rings. The van der Waals surface area contributed by atoms with Crippen LogP contribution in [0.1, 0.15) is 44.4 Å². The average molecular weight is 771 g/mol. The summed E-state index contributed by atoms with van der Waals surface area (Å²) in [6.07, 6.45) is 0.594. The molecule has 0 aromatic heterocycles. The lowest BCUT2D eigenvalue weighted by Crippen LogP contribution is -2.32. The van der Waals surface area contributed by atoms with Gasteiger partial charge in [0.1, 0.15) is 0 Å². The summed E-state index contributed by atoms with van der Waals surface area (Å²) in [6, 6.07) is 8.27. The molecule has 3 aromatic rings. The first-order chi connectivity index (χ1) is 25.6. The van der Waals surface area contributed by atoms with Gasteiger partial charge in [0, 0.05) is 5.41 Å². The lowest BCUT2D eigenvalue weighted by atomic mass is 9.88. The second-order valence-electron chi connectivity index (χ2n) is 10.5. The first-order valence-electron chi connectivity index (χ1n) is 15.6. The summed E-state index contributed by atoms with van der Waals surface area (Å²) in [5.74, 6) is -0.0340. The molecule has 0 radical (unpaired) electrons. The van der Waals surface area contributed by atoms with Crippen LogP contribution in [0.15, 0.2) is 36.4 Å². The number of carboxylic acid groups (broad SMARTS) is 3. The van der Waals surface area contributed by atoms with Gasteiger partial charge in [-0.1, -0.05) is 6.92 Å². The molecule has 0 unspecified atom stereocenters. The fraction of sp³-hybridized carbons (Fsp3) is 0.417. The lowest BCUT2D eigenvalue weighted by Gasteiger charge is -2.24. The van der Waals surface area contributed by atoms with Gasteiger partial charge in [-0.2, -0.15) is 0 Å². The van der Waals surface area contributed by atoms with Crippen molar-refractivity contribution in [3.05, 3.63) is 53.1 Å². The van der Waals surface area contributed by atoms with E-state index < -0.39 is 23.3 Å². The molecule has 0 heterocycles. The van der Waals surface area contributed by atoms with Gasteiger partial charge in [-0.05, 0) is 42.8 Å². The van der Waals surface area contributed by atoms with Crippen molar-refractivity contribution in [2.24, 2.45) is 5.41 Å². The molecule has 0 spiro atoms. The molecule has 0 fully saturated rings. The highest BCUT2D eigenvalue weighted by atomic mass is 16.5. The Balaban J connectivity index is 0.000000706. The van der Waals surface area contributed by atoms with Crippen molar-refractivity contribution in [3.63, 3.8) is 0 Å². The molecule has 0 amide bonds. The summed E-state index contributed by atoms with van der Waals surface area (Å²) >= 11 is 0. The van der Waals surface area contributed by atoms with Crippen molar-refractivity contribution in [1.82, 2.24) is 0 Å². The number of aliphatic hydroxyl groups is 3. The number of carboxylic acids is 3. The van der Waals surface area contributed by atoms with Crippen LogP contribution in [0.2, 0.25) is 0 Å². The fourth-order valence-electron chi connectivity index (χ4n) is 4.10. The zero-order valence-electron chi connectivity index (χ0n) is 31.9. The van der Waals surface area contributed by atoms with Crippen LogP contribution in [0.5, 0.6) is 51.7 Å². The summed E-state index contributed by atoms with van der Waals surface area (Å²) in [5, 5.41) is 52.5. The topological polar surface area (TPSA) is 256 Å². The molecule has 0 saturated heterocycles. The number of methoxy groups -OCH3 is 9. The highest BCUT2D eigenvalue weighted by Gasteiger charge is 2.25. The standard InChI is InChI=1S/3C10H12O5.C6H14O3/c3*1-13-7-4-6(10(11)12)5-8(14-2)9(7)15-3;1-2-6(3-7,4-8)5-9/h3*4-5H,1-3H3,(H,11,12);7-9H,2-5H2,1H3. The Bertz CT molecular complexity index is 1370. The predicted octanol–water partition coefficient (Wildman–Crippen LogP) is 3.59. The summed E-state index contributed by atoms with van der Waals surface area (Å²) in [6.45, 7) is 1.35. The Morgan fingerprint density at radius 3 is 0.685 bits per heavy atom. The van der Waals surface area contributed by atoms with Crippen molar-refractivity contribution in [3.8, 4) is 51.7 Å². The van der Waals surface area contributed by atoms with Crippen molar-refractivity contribution in [1.29, 1.82) is 0 Å². The molecule has 302 valence electrons. The molecule has 0 aliphatic heterocycles. The number of rotatable bonds is 16. The van der Waals surface area contributed by atoms with Gasteiger partial charge >= 0.3 is 17.9 Å². The molecule has 18 nitrogen and oxygen atoms in total. The van der Waals surface area contributed by atoms with E-state index in [0.717, 1.165) is 0 Å². The fourth-order valence-corrected chi connectivity index (χ4v) is 4.10. The molecule has 0 aliphatic carbocycles. The molecule has 0 bridgehead atoms. The smallest absolute Gasteiger partial charge is 0.335 e. The highest BCUT2D eigenvalue weighted by molar-refractivity contribution is 5.90. The first-order valence-corrected chi connectivity index (χ1v) is 15.6. The SMILES string of the molecule is CCC(CO)(CO)CO.COc1cc(C(=O)O)cc(OC)c1OC.COc1cc(C(=O)O)cc(OC)c1OC.COc1cc(C(=O)O)cc(OC)c1OC. The molecule has 3 aromatic carbocycles. The van der Waals surface area contributed by atoms with E-state index >= 15 is 0 Å². The molecule has 0 atom stereocenters. The maximum absolute atomic E-state index is 10.8. The second-order valence-corrected chi connectivity index (χ2v) is 10.5. The van der Waals surface area contributed by atoms with Gasteiger partial charge in [-0.15, -0.1) is 0 Å². The minimum atomic E-state index is -1.05. The zero-order chi connectivity index (χ0) is 41.6. The normalized spacial score (nSPS) is 9.94. The van der Waals surface area contributed by atoms with Crippen LogP contribution >= 0.6 is 0 Å². The number of carbonyl (C=O) groups is 3. The van der Waals surface area contributed by atoms with Crippen molar-refractivity contribution < 1.29 is 87.7 Å². The Hall–Kier alpha value is -5.85. The van der Waals surface area contributed by atoms with Crippen LogP contribution in [0, 0.1) is 5.41 Å². The van der Waals surface area contributed by atoms with Gasteiger partial charge in [-0.3, -0.25) is 0 Å². The van der Waals surface area contributed by atoms with Crippen molar-refractivity contribution >= 4 is 17.9 Å². The monoisotopic (exact) mass is 770 g/mol. The van der Waals surface area contributed by atoms with E-state index in [1.54, 1.807) is 0 Å². The van der Waals surface area contributed by atoms with Gasteiger partial charge < -0.3 is 73.3 Å². The molecule has 6 N–H and O–H groups in total. The van der Waals surface area contributed by atoms with Crippen LogP contribution in [-0.4, -0.2) is 132 Å². The number of aliphatic hydroxyl groups excluding tert-OH is 3. The van der Waals surface area contributed by atoms with Crippen LogP contribution in [0.3, 0.4) is 0 Å². The number of hydrogen-bond donors (Lipinski definition) is 6. The Morgan fingerprint density at radius 1 is 0.426 bits per heavy atom. The van der Waals surface area contributed by atoms with Gasteiger partial charge in [0.15, 0.2) is 34.5 Å². The minimum Gasteiger partial charge on any atom is -0.493 e. The first kappa shape index (κ1) is 48.1. The average Bonchev–Trinajstić information content (AvgIpc) is 3.20. The second kappa shape index (κ2) is 24.4. The maximum Gasteiger partial charge on any atom is 0.335 e. The van der Waals surface area contributed by atoms with Crippen LogP contribution < -0.4 is 42.6 Å². The largest absolute Gasteiger partial charge is 0.493 e. The maximum atomic E-state index is 10.8. The highest BCUT2D eigenvalue weighted by Crippen LogP contribution is 2.40. The Morgan fingerprint density at radius 2 is 0.611 bits per heavy atom. The number of aromatic carboxylic acids is 3. The third kappa shape index (κ3) is 13.3. The third-order valence-corrected chi connectivity index (χ3v) is 7.49. The minimum absolute atomic E-state index is 0.0875. The quantitative estimate of drug-likeness (QED) is 0.122. The van der Waals surface area contributed by atoms with Crippen LogP contribution in [0.25, 0.3) is 0 Å². The molecule has 3 rings (SSSR count). The third-order valence-electron chi connectivity index (χ3n) is 7.49. The van der Waals surface area contributed by atoms with E-state index in [0.29, 0.717) is 58.2 Å². The Labute approximate surface area is 312 Å². The van der Waals surface area contributed by atoms with Gasteiger partial charge in [-0.25, -0.2) is 14.4 Å². The van der Waals surface area contributed by atoms with E-state index in [4.69, 9.17) is 73.3 Å². The van der Waals surface area contributed by atoms with E-state index in [9.17, 15) is 14.4 Å². The number of benzene rings is 3. The summed E-state index contributed by atoms with van der Waals surface area (Å²) in [7, 11) is 13.0. The van der Waals surface area contributed by atoms with Crippen LogP contribution in [-0.2, 0) is 0 Å². The van der Waals surface area contributed by atoms with Gasteiger partial charge in [0.25, 0.3) is 0 Å². The van der Waals surface area contributed by atoms with E-state index in [1.807, 2.05) is 6.92 Å². The summed E-state index contributed by atoms with van der Waals surface area (Å²) < 4.78 is 45.2. The van der Waals surface area contributed by atoms with Crippen LogP contribution in [0.4, 0.5) is 0 Å². The summed E-state index contributed by atoms with van der Waals surface area (Å²) in [5.41, 5.74) is -0.404. The number of ether oxygens (including phenoxy) is 9. The molecule has 54 heavy (non-hydrogen) atoms. The predicted molar refractivity (Wildman–Crippen MR) is 193 cm³/mol. The number of hydrogen-bond acceptors (Lipinski definition) is 15. The van der Waals surface area contributed by atoms with Crippen molar-refractivity contribution in [2.75, 3.05) is 83.8 Å². The molecule has 18 heteroatoms. The van der Waals surface area contributed by atoms with E-state index in [1.165, 1.54) is 100 Å². The van der Waals surface area contributed by atoms with Gasteiger partial charge in [0.2, 0.25) is 17.2 Å². The molecular weight excluding hydrogens is 720 g/mol. The zero-order valence-corrected chi connectivity index (χ0v) is 31.9. The summed E-state index contributed by atoms with van der Waals surface area (Å²) in [4.78, 5) is 32.4. The molecular formula is C36H50O18. The van der Waals surface area contributed by atoms with Gasteiger partial charge in [0.05, 0.1) is 100 Å². The van der Waals surface area contributed by atoms with E-state index in [2.05, 4.69) is 0 Å².